The second kappa shape index (κ2) is 4.27. The van der Waals surface area contributed by atoms with E-state index in [0.717, 1.165) is 0 Å². The lowest BCUT2D eigenvalue weighted by Crippen LogP contribution is -2.46. The zero-order chi connectivity index (χ0) is 9.02. The van der Waals surface area contributed by atoms with Crippen molar-refractivity contribution in [2.24, 2.45) is 17.4 Å². The number of hydrogen-bond acceptors (Lipinski definition) is 4. The van der Waals surface area contributed by atoms with Crippen LogP contribution in [0.3, 0.4) is 0 Å². The number of aliphatic hydroxyl groups excluding tert-OH is 2. The van der Waals surface area contributed by atoms with Gasteiger partial charge in [-0.2, -0.15) is 0 Å². The minimum absolute atomic E-state index is 0.415. The first-order chi connectivity index (χ1) is 5.00. The minimum Gasteiger partial charge on any atom is -0.394 e. The Morgan fingerprint density at radius 3 is 2.36 bits per heavy atom. The average Bonchev–Trinajstić information content (AvgIpc) is 2.00. The first-order valence-corrected chi connectivity index (χ1v) is 3.34. The van der Waals surface area contributed by atoms with Crippen molar-refractivity contribution in [2.45, 2.75) is 19.1 Å². The van der Waals surface area contributed by atoms with E-state index in [4.69, 9.17) is 21.7 Å². The minimum atomic E-state index is -0.988. The molecule has 0 aliphatic carbocycles. The standard InChI is InChI=1S/C6H14N2O3/c1-3(4(10)2-9)5(7)6(8)11/h3-5,9-10H,2,7H2,1H3,(H2,8,11)/t3-,4-,5-/m0/s1. The van der Waals surface area contributed by atoms with Crippen LogP contribution >= 0.6 is 0 Å². The third-order valence-electron chi connectivity index (χ3n) is 1.69. The van der Waals surface area contributed by atoms with Crippen LogP contribution in [0.2, 0.25) is 0 Å². The van der Waals surface area contributed by atoms with Crippen LogP contribution in [-0.4, -0.2) is 34.9 Å². The lowest BCUT2D eigenvalue weighted by atomic mass is 9.96. The van der Waals surface area contributed by atoms with Crippen LogP contribution < -0.4 is 11.5 Å². The number of rotatable bonds is 4. The van der Waals surface area contributed by atoms with Crippen LogP contribution in [0.5, 0.6) is 0 Å². The largest absolute Gasteiger partial charge is 0.394 e. The van der Waals surface area contributed by atoms with E-state index in [1.807, 2.05) is 0 Å². The number of carbonyl (C=O) groups is 1. The number of hydrogen-bond donors (Lipinski definition) is 4. The van der Waals surface area contributed by atoms with Gasteiger partial charge in [0.05, 0.1) is 18.8 Å². The van der Waals surface area contributed by atoms with Crippen LogP contribution in [0.25, 0.3) is 0 Å². The number of aliphatic hydroxyl groups is 2. The van der Waals surface area contributed by atoms with Crippen molar-refractivity contribution in [1.29, 1.82) is 0 Å². The molecule has 5 nitrogen and oxygen atoms in total. The third kappa shape index (κ3) is 2.83. The van der Waals surface area contributed by atoms with Crippen molar-refractivity contribution in [2.75, 3.05) is 6.61 Å². The second-order valence-corrected chi connectivity index (χ2v) is 2.54. The molecule has 0 aliphatic heterocycles. The summed E-state index contributed by atoms with van der Waals surface area (Å²) in [5.74, 6) is -1.19. The van der Waals surface area contributed by atoms with Crippen LogP contribution in [0.4, 0.5) is 0 Å². The fourth-order valence-corrected chi connectivity index (χ4v) is 0.665. The molecule has 0 aromatic rings. The molecule has 11 heavy (non-hydrogen) atoms. The Balaban J connectivity index is 4.00. The normalized spacial score (nSPS) is 18.9. The van der Waals surface area contributed by atoms with Crippen LogP contribution in [-0.2, 0) is 4.79 Å². The van der Waals surface area contributed by atoms with Crippen LogP contribution in [0.1, 0.15) is 6.92 Å². The summed E-state index contributed by atoms with van der Waals surface area (Å²) in [4.78, 5) is 10.5. The Hall–Kier alpha value is -0.650. The number of primary amides is 1. The highest BCUT2D eigenvalue weighted by molar-refractivity contribution is 5.79. The highest BCUT2D eigenvalue weighted by Crippen LogP contribution is 2.05. The molecule has 1 amide bonds. The summed E-state index contributed by atoms with van der Waals surface area (Å²) in [5.41, 5.74) is 10.2. The van der Waals surface area contributed by atoms with E-state index >= 15 is 0 Å². The summed E-state index contributed by atoms with van der Waals surface area (Å²) in [7, 11) is 0. The molecule has 0 unspecified atom stereocenters. The van der Waals surface area contributed by atoms with E-state index in [0.29, 0.717) is 0 Å². The SMILES string of the molecule is C[C@H]([C@H](N)C(N)=O)[C@@H](O)CO. The monoisotopic (exact) mass is 162 g/mol. The molecule has 6 N–H and O–H groups in total. The molecule has 0 saturated heterocycles. The molecule has 0 radical (unpaired) electrons. The first kappa shape index (κ1) is 10.3. The van der Waals surface area contributed by atoms with Gasteiger partial charge in [0.25, 0.3) is 0 Å². The summed E-state index contributed by atoms with van der Waals surface area (Å²) >= 11 is 0. The molecule has 5 heteroatoms. The smallest absolute Gasteiger partial charge is 0.234 e. The van der Waals surface area contributed by atoms with E-state index in [2.05, 4.69) is 0 Å². The number of carbonyl (C=O) groups excluding carboxylic acids is 1. The summed E-state index contributed by atoms with van der Waals surface area (Å²) in [5, 5.41) is 17.5. The predicted molar refractivity (Wildman–Crippen MR) is 39.4 cm³/mol. The maximum atomic E-state index is 10.5. The van der Waals surface area contributed by atoms with Crippen molar-refractivity contribution in [1.82, 2.24) is 0 Å². The molecule has 0 spiro atoms. The zero-order valence-corrected chi connectivity index (χ0v) is 6.40. The Morgan fingerprint density at radius 2 is 2.09 bits per heavy atom. The molecule has 0 rings (SSSR count). The molecule has 0 bridgehead atoms. The topological polar surface area (TPSA) is 110 Å². The Bertz CT molecular complexity index is 140. The molecular formula is C6H14N2O3. The second-order valence-electron chi connectivity index (χ2n) is 2.54. The fourth-order valence-electron chi connectivity index (χ4n) is 0.665. The van der Waals surface area contributed by atoms with E-state index in [1.165, 1.54) is 0 Å². The van der Waals surface area contributed by atoms with Gasteiger partial charge in [0.1, 0.15) is 0 Å². The summed E-state index contributed by atoms with van der Waals surface area (Å²) < 4.78 is 0. The maximum absolute atomic E-state index is 10.5. The number of nitrogens with two attached hydrogens (primary N) is 2. The van der Waals surface area contributed by atoms with E-state index in [-0.39, 0.29) is 0 Å². The molecule has 0 heterocycles. The predicted octanol–water partition coefficient (Wildman–Crippen LogP) is -2.21. The average molecular weight is 162 g/mol. The van der Waals surface area contributed by atoms with Crippen molar-refractivity contribution in [3.8, 4) is 0 Å². The summed E-state index contributed by atoms with van der Waals surface area (Å²) in [6, 6.07) is -0.905. The maximum Gasteiger partial charge on any atom is 0.234 e. The summed E-state index contributed by atoms with van der Waals surface area (Å²) in [6.45, 7) is 1.14. The van der Waals surface area contributed by atoms with Gasteiger partial charge in [-0.3, -0.25) is 4.79 Å². The molecule has 0 saturated carbocycles. The van der Waals surface area contributed by atoms with Gasteiger partial charge in [-0.25, -0.2) is 0 Å². The van der Waals surface area contributed by atoms with Gasteiger partial charge in [-0.1, -0.05) is 6.92 Å². The van der Waals surface area contributed by atoms with Gasteiger partial charge in [-0.15, -0.1) is 0 Å². The fraction of sp³-hybridized carbons (Fsp3) is 0.833. The van der Waals surface area contributed by atoms with Crippen LogP contribution in [0, 0.1) is 5.92 Å². The van der Waals surface area contributed by atoms with Gasteiger partial charge in [0, 0.05) is 5.92 Å². The van der Waals surface area contributed by atoms with Gasteiger partial charge in [0.2, 0.25) is 5.91 Å². The lowest BCUT2D eigenvalue weighted by molar-refractivity contribution is -0.121. The zero-order valence-electron chi connectivity index (χ0n) is 6.40. The van der Waals surface area contributed by atoms with E-state index < -0.39 is 30.6 Å². The van der Waals surface area contributed by atoms with Crippen molar-refractivity contribution >= 4 is 5.91 Å². The van der Waals surface area contributed by atoms with E-state index in [9.17, 15) is 4.79 Å². The molecule has 0 aliphatic rings. The Labute approximate surface area is 65.0 Å². The third-order valence-corrected chi connectivity index (χ3v) is 1.69. The Kier molecular flexibility index (Phi) is 4.02. The van der Waals surface area contributed by atoms with Gasteiger partial charge in [-0.05, 0) is 0 Å². The van der Waals surface area contributed by atoms with Crippen molar-refractivity contribution < 1.29 is 15.0 Å². The van der Waals surface area contributed by atoms with E-state index in [1.54, 1.807) is 6.92 Å². The van der Waals surface area contributed by atoms with Gasteiger partial charge in [0.15, 0.2) is 0 Å². The molecule has 0 fully saturated rings. The molecular weight excluding hydrogens is 148 g/mol. The van der Waals surface area contributed by atoms with Gasteiger partial charge < -0.3 is 21.7 Å². The quantitative estimate of drug-likeness (QED) is 0.375. The molecule has 66 valence electrons. The molecule has 3 atom stereocenters. The first-order valence-electron chi connectivity index (χ1n) is 3.34. The summed E-state index contributed by atoms with van der Waals surface area (Å²) in [6.07, 6.45) is -0.988. The highest BCUT2D eigenvalue weighted by Gasteiger charge is 2.24. The molecule has 0 aromatic heterocycles. The van der Waals surface area contributed by atoms with Crippen molar-refractivity contribution in [3.63, 3.8) is 0 Å². The number of amides is 1. The van der Waals surface area contributed by atoms with Crippen molar-refractivity contribution in [3.05, 3.63) is 0 Å². The lowest BCUT2D eigenvalue weighted by Gasteiger charge is -2.20. The molecule has 0 aromatic carbocycles. The Morgan fingerprint density at radius 1 is 1.64 bits per heavy atom. The van der Waals surface area contributed by atoms with Gasteiger partial charge >= 0.3 is 0 Å². The van der Waals surface area contributed by atoms with Crippen LogP contribution in [0.15, 0.2) is 0 Å². The highest BCUT2D eigenvalue weighted by atomic mass is 16.3.